The number of anilines is 1. The van der Waals surface area contributed by atoms with Gasteiger partial charge in [-0.25, -0.2) is 0 Å². The first-order chi connectivity index (χ1) is 7.60. The number of hydrogen-bond acceptors (Lipinski definition) is 3. The van der Waals surface area contributed by atoms with Gasteiger partial charge in [0.05, 0.1) is 23.7 Å². The summed E-state index contributed by atoms with van der Waals surface area (Å²) < 4.78 is 0. The summed E-state index contributed by atoms with van der Waals surface area (Å²) in [6, 6.07) is 4.46. The van der Waals surface area contributed by atoms with Crippen LogP contribution < -0.4 is 4.90 Å². The maximum Gasteiger partial charge on any atom is 0.0931 e. The Morgan fingerprint density at radius 1 is 1.31 bits per heavy atom. The Morgan fingerprint density at radius 3 is 2.31 bits per heavy atom. The molecule has 3 nitrogen and oxygen atoms in total. The van der Waals surface area contributed by atoms with Crippen molar-refractivity contribution in [1.29, 1.82) is 0 Å². The Balaban J connectivity index is 2.80. The number of aliphatic hydroxyl groups excluding tert-OH is 1. The van der Waals surface area contributed by atoms with E-state index in [1.165, 1.54) is 0 Å². The average Bonchev–Trinajstić information content (AvgIpc) is 2.30. The molecule has 1 heterocycles. The molecule has 0 unspecified atom stereocenters. The van der Waals surface area contributed by atoms with Gasteiger partial charge in [-0.05, 0) is 31.9 Å². The van der Waals surface area contributed by atoms with Gasteiger partial charge >= 0.3 is 0 Å². The van der Waals surface area contributed by atoms with Crippen LogP contribution in [0.1, 0.15) is 45.4 Å². The van der Waals surface area contributed by atoms with Gasteiger partial charge in [0.1, 0.15) is 0 Å². The summed E-state index contributed by atoms with van der Waals surface area (Å²) in [6.07, 6.45) is 3.60. The SMILES string of the molecule is CCC(CC)N(C)c1ccc([C@@H](C)O)nc1. The van der Waals surface area contributed by atoms with E-state index in [0.717, 1.165) is 24.2 Å². The number of aliphatic hydroxyl groups is 1. The molecule has 0 amide bonds. The van der Waals surface area contributed by atoms with E-state index in [2.05, 4.69) is 30.8 Å². The number of hydrogen-bond donors (Lipinski definition) is 1. The van der Waals surface area contributed by atoms with Crippen molar-refractivity contribution < 1.29 is 5.11 Å². The maximum atomic E-state index is 9.38. The molecule has 0 aromatic carbocycles. The normalized spacial score (nSPS) is 12.9. The first-order valence-corrected chi connectivity index (χ1v) is 5.97. The second-order valence-corrected chi connectivity index (χ2v) is 4.20. The van der Waals surface area contributed by atoms with Crippen molar-refractivity contribution in [3.63, 3.8) is 0 Å². The van der Waals surface area contributed by atoms with Gasteiger partial charge in [-0.3, -0.25) is 4.98 Å². The molecule has 0 bridgehead atoms. The molecule has 90 valence electrons. The molecule has 1 rings (SSSR count). The van der Waals surface area contributed by atoms with Crippen molar-refractivity contribution in [2.75, 3.05) is 11.9 Å². The van der Waals surface area contributed by atoms with Crippen molar-refractivity contribution in [2.45, 2.75) is 45.8 Å². The second-order valence-electron chi connectivity index (χ2n) is 4.20. The molecule has 0 saturated heterocycles. The molecule has 16 heavy (non-hydrogen) atoms. The highest BCUT2D eigenvalue weighted by molar-refractivity contribution is 5.44. The zero-order chi connectivity index (χ0) is 12.1. The summed E-state index contributed by atoms with van der Waals surface area (Å²) in [6.45, 7) is 6.12. The van der Waals surface area contributed by atoms with Gasteiger partial charge in [0, 0.05) is 13.1 Å². The number of nitrogens with zero attached hydrogens (tertiary/aromatic N) is 2. The molecule has 1 N–H and O–H groups in total. The van der Waals surface area contributed by atoms with Crippen LogP contribution in [-0.4, -0.2) is 23.2 Å². The highest BCUT2D eigenvalue weighted by atomic mass is 16.3. The fourth-order valence-corrected chi connectivity index (χ4v) is 1.90. The van der Waals surface area contributed by atoms with Crippen LogP contribution in [0.2, 0.25) is 0 Å². The molecule has 1 aromatic rings. The predicted molar refractivity (Wildman–Crippen MR) is 67.6 cm³/mol. The highest BCUT2D eigenvalue weighted by Gasteiger charge is 2.11. The Morgan fingerprint density at radius 2 is 1.94 bits per heavy atom. The van der Waals surface area contributed by atoms with Crippen molar-refractivity contribution in [3.05, 3.63) is 24.0 Å². The first kappa shape index (κ1) is 13.0. The topological polar surface area (TPSA) is 36.4 Å². The number of rotatable bonds is 5. The molecule has 1 atom stereocenters. The van der Waals surface area contributed by atoms with Crippen molar-refractivity contribution in [3.8, 4) is 0 Å². The summed E-state index contributed by atoms with van der Waals surface area (Å²) in [5.41, 5.74) is 1.83. The van der Waals surface area contributed by atoms with E-state index < -0.39 is 6.10 Å². The summed E-state index contributed by atoms with van der Waals surface area (Å²) in [5.74, 6) is 0. The third-order valence-corrected chi connectivity index (χ3v) is 3.10. The molecular formula is C13H22N2O. The lowest BCUT2D eigenvalue weighted by molar-refractivity contribution is 0.194. The van der Waals surface area contributed by atoms with Crippen molar-refractivity contribution in [2.24, 2.45) is 0 Å². The van der Waals surface area contributed by atoms with E-state index in [1.807, 2.05) is 18.3 Å². The number of pyridine rings is 1. The fourth-order valence-electron chi connectivity index (χ4n) is 1.90. The average molecular weight is 222 g/mol. The highest BCUT2D eigenvalue weighted by Crippen LogP contribution is 2.19. The summed E-state index contributed by atoms with van der Waals surface area (Å²) in [7, 11) is 2.09. The lowest BCUT2D eigenvalue weighted by Gasteiger charge is -2.28. The maximum absolute atomic E-state index is 9.38. The lowest BCUT2D eigenvalue weighted by atomic mass is 10.1. The van der Waals surface area contributed by atoms with Crippen LogP contribution in [0.5, 0.6) is 0 Å². The van der Waals surface area contributed by atoms with E-state index in [-0.39, 0.29) is 0 Å². The van der Waals surface area contributed by atoms with Crippen LogP contribution >= 0.6 is 0 Å². The van der Waals surface area contributed by atoms with Gasteiger partial charge < -0.3 is 10.0 Å². The van der Waals surface area contributed by atoms with Gasteiger partial charge in [-0.2, -0.15) is 0 Å². The zero-order valence-corrected chi connectivity index (χ0v) is 10.6. The predicted octanol–water partition coefficient (Wildman–Crippen LogP) is 2.76. The minimum atomic E-state index is -0.493. The van der Waals surface area contributed by atoms with E-state index in [0.29, 0.717) is 6.04 Å². The molecule has 1 aromatic heterocycles. The van der Waals surface area contributed by atoms with Gasteiger partial charge in [-0.15, -0.1) is 0 Å². The minimum Gasteiger partial charge on any atom is -0.387 e. The fraction of sp³-hybridized carbons (Fsp3) is 0.615. The van der Waals surface area contributed by atoms with Crippen LogP contribution in [-0.2, 0) is 0 Å². The molecule has 0 aliphatic rings. The van der Waals surface area contributed by atoms with Gasteiger partial charge in [0.15, 0.2) is 0 Å². The summed E-state index contributed by atoms with van der Waals surface area (Å²) >= 11 is 0. The van der Waals surface area contributed by atoms with E-state index in [4.69, 9.17) is 0 Å². The Labute approximate surface area is 98.1 Å². The van der Waals surface area contributed by atoms with Crippen LogP contribution in [0.25, 0.3) is 0 Å². The second kappa shape index (κ2) is 5.85. The molecule has 0 aliphatic heterocycles. The van der Waals surface area contributed by atoms with Gasteiger partial charge in [-0.1, -0.05) is 13.8 Å². The Bertz CT molecular complexity index is 304. The third kappa shape index (κ3) is 2.95. The molecule has 0 saturated carbocycles. The standard InChI is InChI=1S/C13H22N2O/c1-5-11(6-2)15(4)12-7-8-13(10(3)16)14-9-12/h7-11,16H,5-6H2,1-4H3/t10-/m1/s1. The van der Waals surface area contributed by atoms with E-state index >= 15 is 0 Å². The molecule has 3 heteroatoms. The van der Waals surface area contributed by atoms with E-state index in [9.17, 15) is 5.11 Å². The quantitative estimate of drug-likeness (QED) is 0.832. The molecule has 0 radical (unpaired) electrons. The van der Waals surface area contributed by atoms with Gasteiger partial charge in [0.2, 0.25) is 0 Å². The minimum absolute atomic E-state index is 0.493. The monoisotopic (exact) mass is 222 g/mol. The van der Waals surface area contributed by atoms with Crippen molar-refractivity contribution >= 4 is 5.69 Å². The Kier molecular flexibility index (Phi) is 4.74. The molecule has 0 fully saturated rings. The summed E-state index contributed by atoms with van der Waals surface area (Å²) in [5, 5.41) is 9.38. The molecular weight excluding hydrogens is 200 g/mol. The van der Waals surface area contributed by atoms with E-state index in [1.54, 1.807) is 6.92 Å². The summed E-state index contributed by atoms with van der Waals surface area (Å²) in [4.78, 5) is 6.51. The zero-order valence-electron chi connectivity index (χ0n) is 10.6. The molecule has 0 spiro atoms. The van der Waals surface area contributed by atoms with Crippen molar-refractivity contribution in [1.82, 2.24) is 4.98 Å². The first-order valence-electron chi connectivity index (χ1n) is 5.97. The van der Waals surface area contributed by atoms with Crippen LogP contribution in [0.15, 0.2) is 18.3 Å². The smallest absolute Gasteiger partial charge is 0.0931 e. The van der Waals surface area contributed by atoms with Crippen LogP contribution in [0, 0.1) is 0 Å². The van der Waals surface area contributed by atoms with Gasteiger partial charge in [0.25, 0.3) is 0 Å². The Hall–Kier alpha value is -1.09. The lowest BCUT2D eigenvalue weighted by Crippen LogP contribution is -2.30. The molecule has 0 aliphatic carbocycles. The van der Waals surface area contributed by atoms with Crippen LogP contribution in [0.3, 0.4) is 0 Å². The largest absolute Gasteiger partial charge is 0.387 e. The van der Waals surface area contributed by atoms with Crippen LogP contribution in [0.4, 0.5) is 5.69 Å². The third-order valence-electron chi connectivity index (χ3n) is 3.10. The number of aromatic nitrogens is 1.